The monoisotopic (exact) mass is 354 g/mol. The van der Waals surface area contributed by atoms with E-state index in [1.807, 2.05) is 0 Å². The predicted molar refractivity (Wildman–Crippen MR) is 94.8 cm³/mol. The number of hydrogen-bond donors (Lipinski definition) is 2. The highest BCUT2D eigenvalue weighted by atomic mass is 16.5. The molecule has 26 heavy (non-hydrogen) atoms. The lowest BCUT2D eigenvalue weighted by Gasteiger charge is -2.32. The molecule has 0 aliphatic carbocycles. The van der Waals surface area contributed by atoms with E-state index >= 15 is 0 Å². The van der Waals surface area contributed by atoms with Gasteiger partial charge in [0.1, 0.15) is 17.5 Å². The number of amides is 1. The molecule has 1 amide bonds. The molecule has 0 bridgehead atoms. The highest BCUT2D eigenvalue weighted by Crippen LogP contribution is 2.19. The van der Waals surface area contributed by atoms with Crippen molar-refractivity contribution >= 4 is 5.91 Å². The Bertz CT molecular complexity index is 779. The molecule has 0 saturated carbocycles. The minimum atomic E-state index is -0.297. The Balaban J connectivity index is 1.64. The highest BCUT2D eigenvalue weighted by Gasteiger charge is 2.29. The number of benzene rings is 1. The summed E-state index contributed by atoms with van der Waals surface area (Å²) in [5.74, 6) is 0.424. The first-order valence-corrected chi connectivity index (χ1v) is 8.79. The summed E-state index contributed by atoms with van der Waals surface area (Å²) < 4.78 is 11.5. The van der Waals surface area contributed by atoms with Crippen molar-refractivity contribution in [2.24, 2.45) is 0 Å². The van der Waals surface area contributed by atoms with Gasteiger partial charge in [-0.1, -0.05) is 13.3 Å². The van der Waals surface area contributed by atoms with Crippen LogP contribution in [0.3, 0.4) is 0 Å². The van der Waals surface area contributed by atoms with Crippen molar-refractivity contribution in [3.8, 4) is 11.8 Å². The van der Waals surface area contributed by atoms with Crippen LogP contribution >= 0.6 is 0 Å². The van der Waals surface area contributed by atoms with E-state index < -0.39 is 0 Å². The zero-order valence-corrected chi connectivity index (χ0v) is 14.7. The minimum Gasteiger partial charge on any atom is -0.486 e. The van der Waals surface area contributed by atoms with E-state index in [9.17, 15) is 4.79 Å². The van der Waals surface area contributed by atoms with Crippen LogP contribution < -0.4 is 10.1 Å². The molecule has 1 aliphatic rings. The second-order valence-corrected chi connectivity index (χ2v) is 6.26. The summed E-state index contributed by atoms with van der Waals surface area (Å²) in [6.07, 6.45) is 2.22. The first kappa shape index (κ1) is 18.0. The minimum absolute atomic E-state index is 0.168. The molecule has 2 heterocycles. The molecular weight excluding hydrogens is 332 g/mol. The Morgan fingerprint density at radius 1 is 1.46 bits per heavy atom. The van der Waals surface area contributed by atoms with Crippen LogP contribution in [0.2, 0.25) is 0 Å². The van der Waals surface area contributed by atoms with Crippen molar-refractivity contribution < 1.29 is 14.3 Å². The molecule has 3 rings (SSSR count). The standard InChI is InChI=1S/C19H22N4O3/c1-2-3-14-10-17(23-22-14)19(24)21-16-8-9-25-12-18(16)26-15-6-4-13(11-20)5-7-15/h4-7,10,16,18H,2-3,8-9,12H2,1H3,(H,21,24)(H,22,23)/t16-,18-/m1/s1. The third kappa shape index (κ3) is 4.41. The van der Waals surface area contributed by atoms with Crippen molar-refractivity contribution in [2.45, 2.75) is 38.3 Å². The predicted octanol–water partition coefficient (Wildman–Crippen LogP) is 2.20. The molecule has 2 atom stereocenters. The smallest absolute Gasteiger partial charge is 0.272 e. The topological polar surface area (TPSA) is 100 Å². The Morgan fingerprint density at radius 2 is 2.27 bits per heavy atom. The second-order valence-electron chi connectivity index (χ2n) is 6.26. The number of H-pyrrole nitrogens is 1. The van der Waals surface area contributed by atoms with Gasteiger partial charge in [0.2, 0.25) is 0 Å². The van der Waals surface area contributed by atoms with Gasteiger partial charge >= 0.3 is 0 Å². The molecule has 2 N–H and O–H groups in total. The molecule has 1 fully saturated rings. The van der Waals surface area contributed by atoms with Gasteiger partial charge in [-0.25, -0.2) is 0 Å². The molecular formula is C19H22N4O3. The van der Waals surface area contributed by atoms with Gasteiger partial charge in [0, 0.05) is 12.3 Å². The number of rotatable bonds is 6. The zero-order chi connectivity index (χ0) is 18.4. The van der Waals surface area contributed by atoms with Crippen LogP contribution in [0.15, 0.2) is 30.3 Å². The summed E-state index contributed by atoms with van der Waals surface area (Å²) >= 11 is 0. The van der Waals surface area contributed by atoms with Crippen LogP contribution in [-0.2, 0) is 11.2 Å². The number of nitrogens with one attached hydrogen (secondary N) is 2. The summed E-state index contributed by atoms with van der Waals surface area (Å²) in [4.78, 5) is 12.5. The van der Waals surface area contributed by atoms with Crippen LogP contribution in [0.25, 0.3) is 0 Å². The van der Waals surface area contributed by atoms with Gasteiger partial charge < -0.3 is 14.8 Å². The molecule has 2 aromatic rings. The normalized spacial score (nSPS) is 19.5. The van der Waals surface area contributed by atoms with Crippen LogP contribution in [0.5, 0.6) is 5.75 Å². The fourth-order valence-electron chi connectivity index (χ4n) is 2.89. The van der Waals surface area contributed by atoms with Crippen LogP contribution in [0.1, 0.15) is 41.5 Å². The maximum absolute atomic E-state index is 12.5. The molecule has 1 aromatic heterocycles. The number of carbonyl (C=O) groups excluding carboxylic acids is 1. The van der Waals surface area contributed by atoms with Crippen LogP contribution in [0, 0.1) is 11.3 Å². The van der Waals surface area contributed by atoms with Gasteiger partial charge in [-0.05, 0) is 43.2 Å². The maximum atomic E-state index is 12.5. The molecule has 7 heteroatoms. The van der Waals surface area contributed by atoms with Crippen molar-refractivity contribution in [2.75, 3.05) is 13.2 Å². The average Bonchev–Trinajstić information content (AvgIpc) is 3.13. The lowest BCUT2D eigenvalue weighted by molar-refractivity contribution is -0.0135. The molecule has 136 valence electrons. The second kappa shape index (κ2) is 8.50. The first-order chi connectivity index (χ1) is 12.7. The van der Waals surface area contributed by atoms with E-state index in [2.05, 4.69) is 28.5 Å². The van der Waals surface area contributed by atoms with Gasteiger partial charge in [0.25, 0.3) is 5.91 Å². The number of aromatic nitrogens is 2. The van der Waals surface area contributed by atoms with E-state index in [-0.39, 0.29) is 18.1 Å². The Hall–Kier alpha value is -2.85. The van der Waals surface area contributed by atoms with E-state index in [0.29, 0.717) is 36.6 Å². The zero-order valence-electron chi connectivity index (χ0n) is 14.7. The van der Waals surface area contributed by atoms with Gasteiger partial charge in [-0.15, -0.1) is 0 Å². The molecule has 1 saturated heterocycles. The average molecular weight is 354 g/mol. The molecule has 0 radical (unpaired) electrons. The lowest BCUT2D eigenvalue weighted by atomic mass is 10.1. The molecule has 7 nitrogen and oxygen atoms in total. The highest BCUT2D eigenvalue weighted by molar-refractivity contribution is 5.92. The number of nitriles is 1. The summed E-state index contributed by atoms with van der Waals surface area (Å²) in [6, 6.07) is 10.6. The maximum Gasteiger partial charge on any atom is 0.272 e. The Kier molecular flexibility index (Phi) is 5.87. The number of nitrogens with zero attached hydrogens (tertiary/aromatic N) is 2. The summed E-state index contributed by atoms with van der Waals surface area (Å²) in [7, 11) is 0. The molecule has 1 aromatic carbocycles. The van der Waals surface area contributed by atoms with Crippen molar-refractivity contribution in [3.63, 3.8) is 0 Å². The third-order valence-electron chi connectivity index (χ3n) is 4.27. The number of aryl methyl sites for hydroxylation is 1. The van der Waals surface area contributed by atoms with E-state index in [0.717, 1.165) is 18.5 Å². The fourth-order valence-corrected chi connectivity index (χ4v) is 2.89. The first-order valence-electron chi connectivity index (χ1n) is 8.79. The quantitative estimate of drug-likeness (QED) is 0.828. The van der Waals surface area contributed by atoms with Crippen molar-refractivity contribution in [1.29, 1.82) is 5.26 Å². The summed E-state index contributed by atoms with van der Waals surface area (Å²) in [5.41, 5.74) is 1.91. The number of hydrogen-bond acceptors (Lipinski definition) is 5. The van der Waals surface area contributed by atoms with E-state index in [4.69, 9.17) is 14.7 Å². The Labute approximate surface area is 152 Å². The van der Waals surface area contributed by atoms with Crippen molar-refractivity contribution in [3.05, 3.63) is 47.3 Å². The van der Waals surface area contributed by atoms with Gasteiger partial charge in [0.05, 0.1) is 24.3 Å². The van der Waals surface area contributed by atoms with E-state index in [1.165, 1.54) is 0 Å². The molecule has 0 spiro atoms. The largest absolute Gasteiger partial charge is 0.486 e. The van der Waals surface area contributed by atoms with Crippen LogP contribution in [-0.4, -0.2) is 41.5 Å². The molecule has 1 aliphatic heterocycles. The number of ether oxygens (including phenoxy) is 2. The fraction of sp³-hybridized carbons (Fsp3) is 0.421. The third-order valence-corrected chi connectivity index (χ3v) is 4.27. The van der Waals surface area contributed by atoms with Crippen LogP contribution in [0.4, 0.5) is 0 Å². The number of carbonyl (C=O) groups is 1. The summed E-state index contributed by atoms with van der Waals surface area (Å²) in [5, 5.41) is 18.9. The van der Waals surface area contributed by atoms with Gasteiger partial charge in [0.15, 0.2) is 0 Å². The lowest BCUT2D eigenvalue weighted by Crippen LogP contribution is -2.51. The van der Waals surface area contributed by atoms with E-state index in [1.54, 1.807) is 30.3 Å². The SMILES string of the molecule is CCCc1cc(C(=O)N[C@@H]2CCOC[C@H]2Oc2ccc(C#N)cc2)n[nH]1. The van der Waals surface area contributed by atoms with Gasteiger partial charge in [-0.3, -0.25) is 9.89 Å². The number of aromatic amines is 1. The Morgan fingerprint density at radius 3 is 3.00 bits per heavy atom. The molecule has 0 unspecified atom stereocenters. The van der Waals surface area contributed by atoms with Gasteiger partial charge in [-0.2, -0.15) is 10.4 Å². The summed E-state index contributed by atoms with van der Waals surface area (Å²) in [6.45, 7) is 3.04. The van der Waals surface area contributed by atoms with Crippen molar-refractivity contribution in [1.82, 2.24) is 15.5 Å².